The quantitative estimate of drug-likeness (QED) is 0.374. The van der Waals surface area contributed by atoms with E-state index in [0.29, 0.717) is 18.3 Å². The van der Waals surface area contributed by atoms with Crippen LogP contribution in [0.5, 0.6) is 0 Å². The second-order valence-electron chi connectivity index (χ2n) is 5.87. The molecule has 0 aliphatic heterocycles. The highest BCUT2D eigenvalue weighted by molar-refractivity contribution is 5.95. The molecule has 0 spiro atoms. The average molecular weight is 272 g/mol. The lowest BCUT2D eigenvalue weighted by atomic mass is 9.75. The maximum Gasteiger partial charge on any atom is 0.205 e. The molecule has 0 aromatic carbocycles. The Bertz CT molecular complexity index is 405. The average Bonchev–Trinajstić information content (AvgIpc) is 2.46. The van der Waals surface area contributed by atoms with Gasteiger partial charge in [-0.25, -0.2) is 0 Å². The molecule has 1 rings (SSSR count). The molecule has 1 aliphatic carbocycles. The molecule has 1 fully saturated rings. The predicted molar refractivity (Wildman–Crippen MR) is 86.3 cm³/mol. The van der Waals surface area contributed by atoms with Crippen molar-refractivity contribution in [2.24, 2.45) is 11.8 Å². The number of carbonyl (C=O) groups is 1. The van der Waals surface area contributed by atoms with Gasteiger partial charge in [-0.1, -0.05) is 50.0 Å². The number of rotatable bonds is 6. The molecule has 0 amide bonds. The fourth-order valence-electron chi connectivity index (χ4n) is 2.86. The van der Waals surface area contributed by atoms with Gasteiger partial charge in [-0.15, -0.1) is 0 Å². The summed E-state index contributed by atoms with van der Waals surface area (Å²) in [4.78, 5) is 11.9. The van der Waals surface area contributed by atoms with Crippen LogP contribution in [0.25, 0.3) is 0 Å². The van der Waals surface area contributed by atoms with E-state index in [4.69, 9.17) is 0 Å². The number of hydrogen-bond donors (Lipinski definition) is 0. The molecule has 1 nitrogen and oxygen atoms in total. The molecule has 20 heavy (non-hydrogen) atoms. The van der Waals surface area contributed by atoms with Crippen molar-refractivity contribution < 1.29 is 4.79 Å². The zero-order valence-corrected chi connectivity index (χ0v) is 13.1. The Balaban J connectivity index is 2.54. The molecule has 0 aromatic heterocycles. The van der Waals surface area contributed by atoms with Gasteiger partial charge in [0.05, 0.1) is 0 Å². The molecule has 0 N–H and O–H groups in total. The summed E-state index contributed by atoms with van der Waals surface area (Å²) in [7, 11) is 0. The van der Waals surface area contributed by atoms with Gasteiger partial charge in [-0.2, -0.15) is 0 Å². The number of hydrogen-bond acceptors (Lipinski definition) is 1. The van der Waals surface area contributed by atoms with E-state index < -0.39 is 0 Å². The largest absolute Gasteiger partial charge is 0.285 e. The van der Waals surface area contributed by atoms with Crippen molar-refractivity contribution in [1.29, 1.82) is 0 Å². The van der Waals surface area contributed by atoms with Crippen LogP contribution in [0.1, 0.15) is 65.2 Å². The maximum atomic E-state index is 11.9. The topological polar surface area (TPSA) is 17.1 Å². The van der Waals surface area contributed by atoms with Crippen molar-refractivity contribution in [2.45, 2.75) is 65.2 Å². The van der Waals surface area contributed by atoms with Gasteiger partial charge in [0, 0.05) is 12.8 Å². The molecule has 110 valence electrons. The summed E-state index contributed by atoms with van der Waals surface area (Å²) in [6, 6.07) is 0. The molecular weight excluding hydrogens is 244 g/mol. The molecule has 1 saturated carbocycles. The Morgan fingerprint density at radius 2 is 2.00 bits per heavy atom. The first-order valence-corrected chi connectivity index (χ1v) is 7.98. The highest BCUT2D eigenvalue weighted by Crippen LogP contribution is 2.35. The van der Waals surface area contributed by atoms with Crippen LogP contribution in [0.3, 0.4) is 0 Å². The zero-order valence-electron chi connectivity index (χ0n) is 13.1. The minimum absolute atomic E-state index is 0.139. The molecule has 1 heteroatoms. The highest BCUT2D eigenvalue weighted by Gasteiger charge is 2.25. The van der Waals surface area contributed by atoms with E-state index in [-0.39, 0.29) is 5.78 Å². The van der Waals surface area contributed by atoms with E-state index >= 15 is 0 Å². The van der Waals surface area contributed by atoms with Crippen molar-refractivity contribution in [1.82, 2.24) is 0 Å². The van der Waals surface area contributed by atoms with Gasteiger partial charge in [0.15, 0.2) is 0 Å². The summed E-state index contributed by atoms with van der Waals surface area (Å²) in [6.07, 6.45) is 12.8. The smallest absolute Gasteiger partial charge is 0.205 e. The van der Waals surface area contributed by atoms with Crippen LogP contribution in [0.15, 0.2) is 24.3 Å². The van der Waals surface area contributed by atoms with E-state index in [2.05, 4.69) is 38.3 Å². The summed E-state index contributed by atoms with van der Waals surface area (Å²) in [6.45, 7) is 7.97. The zero-order chi connectivity index (χ0) is 14.8. The third-order valence-corrected chi connectivity index (χ3v) is 4.18. The van der Waals surface area contributed by atoms with Gasteiger partial charge in [-0.3, -0.25) is 4.79 Å². The molecule has 0 bridgehead atoms. The monoisotopic (exact) mass is 272 g/mol. The van der Waals surface area contributed by atoms with E-state index in [1.807, 2.05) is 6.08 Å². The molecular formula is C19H28O. The van der Waals surface area contributed by atoms with Crippen molar-refractivity contribution in [3.05, 3.63) is 24.3 Å². The summed E-state index contributed by atoms with van der Waals surface area (Å²) >= 11 is 0. The molecule has 0 radical (unpaired) electrons. The minimum Gasteiger partial charge on any atom is -0.285 e. The third-order valence-electron chi connectivity index (χ3n) is 4.18. The van der Waals surface area contributed by atoms with Gasteiger partial charge >= 0.3 is 0 Å². The normalized spacial score (nSPS) is 22.8. The number of carbonyl (C=O) groups excluding carboxylic acids is 1. The van der Waals surface area contributed by atoms with Crippen molar-refractivity contribution in [3.63, 3.8) is 0 Å². The van der Waals surface area contributed by atoms with Gasteiger partial charge in [0.25, 0.3) is 0 Å². The summed E-state index contributed by atoms with van der Waals surface area (Å²) < 4.78 is 0. The Morgan fingerprint density at radius 3 is 2.65 bits per heavy atom. The van der Waals surface area contributed by atoms with E-state index in [9.17, 15) is 4.79 Å². The van der Waals surface area contributed by atoms with Crippen LogP contribution in [-0.4, -0.2) is 5.78 Å². The van der Waals surface area contributed by atoms with Gasteiger partial charge in [0.1, 0.15) is 0 Å². The lowest BCUT2D eigenvalue weighted by molar-refractivity contribution is -0.115. The molecule has 0 heterocycles. The van der Waals surface area contributed by atoms with Crippen molar-refractivity contribution in [3.8, 4) is 11.8 Å². The van der Waals surface area contributed by atoms with E-state index in [1.54, 1.807) is 0 Å². The highest BCUT2D eigenvalue weighted by atomic mass is 16.1. The lowest BCUT2D eigenvalue weighted by Gasteiger charge is -2.30. The fraction of sp³-hybridized carbons (Fsp3) is 0.632. The Kier molecular flexibility index (Phi) is 8.04. The van der Waals surface area contributed by atoms with Crippen LogP contribution in [-0.2, 0) is 4.79 Å². The first kappa shape index (κ1) is 16.8. The Morgan fingerprint density at radius 1 is 1.30 bits per heavy atom. The first-order valence-electron chi connectivity index (χ1n) is 7.98. The number of allylic oxidation sites excluding steroid dienone is 3. The third kappa shape index (κ3) is 6.24. The second-order valence-corrected chi connectivity index (χ2v) is 5.87. The van der Waals surface area contributed by atoms with Crippen LogP contribution in [0.2, 0.25) is 0 Å². The predicted octanol–water partition coefficient (Wildman–Crippen LogP) is 5.08. The molecule has 0 saturated heterocycles. The van der Waals surface area contributed by atoms with Crippen molar-refractivity contribution >= 4 is 5.78 Å². The first-order chi connectivity index (χ1) is 9.67. The number of Topliss-reactive ketones (excluding diaryl/α,β-unsaturated/α-hetero) is 1. The van der Waals surface area contributed by atoms with Crippen molar-refractivity contribution in [2.75, 3.05) is 0 Å². The Labute approximate surface area is 124 Å². The van der Waals surface area contributed by atoms with Gasteiger partial charge in [-0.05, 0) is 50.4 Å². The van der Waals surface area contributed by atoms with Gasteiger partial charge in [0.2, 0.25) is 5.78 Å². The SMILES string of the molecule is C=C/C(C)=C/C[C@@H]1CCCC[C@H]1CC(=O)C#CCCC. The van der Waals surface area contributed by atoms with Crippen LogP contribution in [0.4, 0.5) is 0 Å². The van der Waals surface area contributed by atoms with Crippen LogP contribution < -0.4 is 0 Å². The molecule has 1 aliphatic rings. The minimum atomic E-state index is 0.139. The van der Waals surface area contributed by atoms with Gasteiger partial charge < -0.3 is 0 Å². The number of ketones is 1. The van der Waals surface area contributed by atoms with Crippen LogP contribution in [0, 0.1) is 23.7 Å². The van der Waals surface area contributed by atoms with E-state index in [1.165, 1.54) is 31.3 Å². The number of unbranched alkanes of at least 4 members (excludes halogenated alkanes) is 1. The second kappa shape index (κ2) is 9.59. The Hall–Kier alpha value is -1.29. The molecule has 0 aromatic rings. The maximum absolute atomic E-state index is 11.9. The molecule has 0 unspecified atom stereocenters. The lowest BCUT2D eigenvalue weighted by Crippen LogP contribution is -2.21. The standard InChI is InChI=1S/C19H28O/c1-4-6-7-12-19(20)15-18-11-9-8-10-17(18)14-13-16(3)5-2/h5,13,17-18H,2,4,6,8-11,14-15H2,1,3H3/b16-13+/t17-,18-/m0/s1. The van der Waals surface area contributed by atoms with E-state index in [0.717, 1.165) is 19.3 Å². The fourth-order valence-corrected chi connectivity index (χ4v) is 2.86. The summed E-state index contributed by atoms with van der Waals surface area (Å²) in [5.74, 6) is 7.10. The van der Waals surface area contributed by atoms with Crippen LogP contribution >= 0.6 is 0 Å². The summed E-state index contributed by atoms with van der Waals surface area (Å²) in [5.41, 5.74) is 1.24. The summed E-state index contributed by atoms with van der Waals surface area (Å²) in [5, 5.41) is 0. The molecule has 2 atom stereocenters.